The van der Waals surface area contributed by atoms with Crippen LogP contribution in [0.15, 0.2) is 48.5 Å². The normalized spacial score (nSPS) is 15.8. The highest BCUT2D eigenvalue weighted by Crippen LogP contribution is 2.47. The number of carbonyl (C=O) groups is 1. The van der Waals surface area contributed by atoms with E-state index in [1.165, 1.54) is 43.1 Å². The topological polar surface area (TPSA) is 80.5 Å². The van der Waals surface area contributed by atoms with E-state index < -0.39 is 5.60 Å². The molecule has 2 fully saturated rings. The number of aromatic nitrogens is 3. The molecule has 0 bridgehead atoms. The lowest BCUT2D eigenvalue weighted by Crippen LogP contribution is -2.57. The Morgan fingerprint density at radius 1 is 1.00 bits per heavy atom. The van der Waals surface area contributed by atoms with Crippen LogP contribution in [0.25, 0.3) is 42.8 Å². The van der Waals surface area contributed by atoms with Crippen LogP contribution in [0.5, 0.6) is 0 Å². The summed E-state index contributed by atoms with van der Waals surface area (Å²) in [7, 11) is 2.04. The molecule has 1 spiro atoms. The van der Waals surface area contributed by atoms with Crippen molar-refractivity contribution in [3.05, 3.63) is 65.2 Å². The minimum absolute atomic E-state index is 0.198. The van der Waals surface area contributed by atoms with Crippen molar-refractivity contribution in [2.75, 3.05) is 24.6 Å². The van der Waals surface area contributed by atoms with Gasteiger partial charge in [-0.15, -0.1) is 11.3 Å². The second-order valence-corrected chi connectivity index (χ2v) is 15.7. The van der Waals surface area contributed by atoms with Crippen molar-refractivity contribution in [2.24, 2.45) is 12.5 Å². The summed E-state index contributed by atoms with van der Waals surface area (Å²) in [6.07, 6.45) is 8.06. The summed E-state index contributed by atoms with van der Waals surface area (Å²) in [4.78, 5) is 20.4. The number of thiazole rings is 1. The molecule has 5 aromatic rings. The van der Waals surface area contributed by atoms with Crippen LogP contribution < -0.4 is 4.90 Å². The van der Waals surface area contributed by atoms with Gasteiger partial charge in [-0.05, 0) is 100 Å². The van der Waals surface area contributed by atoms with E-state index in [9.17, 15) is 4.79 Å². The number of hydrogen-bond donors (Lipinski definition) is 1. The van der Waals surface area contributed by atoms with Crippen molar-refractivity contribution in [3.8, 4) is 21.7 Å². The number of anilines is 1. The van der Waals surface area contributed by atoms with Gasteiger partial charge in [0, 0.05) is 42.1 Å². The number of ether oxygens (including phenoxy) is 1. The Morgan fingerprint density at radius 3 is 2.31 bits per heavy atom. The second-order valence-electron chi connectivity index (χ2n) is 14.7. The van der Waals surface area contributed by atoms with Gasteiger partial charge in [0.1, 0.15) is 5.01 Å². The highest BCUT2D eigenvalue weighted by atomic mass is 32.1. The fraction of sp³-hybridized carbons (Fsp3) is 0.475. The van der Waals surface area contributed by atoms with Gasteiger partial charge in [0.15, 0.2) is 5.82 Å². The van der Waals surface area contributed by atoms with Crippen LogP contribution in [-0.4, -0.2) is 51.1 Å². The van der Waals surface area contributed by atoms with Crippen LogP contribution in [-0.2, 0) is 29.4 Å². The second kappa shape index (κ2) is 13.6. The zero-order chi connectivity index (χ0) is 34.2. The van der Waals surface area contributed by atoms with Gasteiger partial charge in [-0.25, -0.2) is 4.98 Å². The fourth-order valence-electron chi connectivity index (χ4n) is 7.30. The molecule has 0 amide bonds. The van der Waals surface area contributed by atoms with Crippen LogP contribution in [0.3, 0.4) is 0 Å². The maximum absolute atomic E-state index is 12.7. The summed E-state index contributed by atoms with van der Waals surface area (Å²) in [6.45, 7) is 13.9. The van der Waals surface area contributed by atoms with Crippen molar-refractivity contribution in [1.29, 1.82) is 0 Å². The van der Waals surface area contributed by atoms with Gasteiger partial charge in [-0.2, -0.15) is 5.10 Å². The highest BCUT2D eigenvalue weighted by Gasteiger charge is 2.44. The van der Waals surface area contributed by atoms with Gasteiger partial charge in [0.2, 0.25) is 0 Å². The van der Waals surface area contributed by atoms with Gasteiger partial charge in [-0.3, -0.25) is 9.48 Å². The van der Waals surface area contributed by atoms with Crippen molar-refractivity contribution in [1.82, 2.24) is 14.8 Å². The van der Waals surface area contributed by atoms with Crippen molar-refractivity contribution in [3.63, 3.8) is 0 Å². The van der Waals surface area contributed by atoms with Gasteiger partial charge in [0.05, 0.1) is 34.4 Å². The summed E-state index contributed by atoms with van der Waals surface area (Å²) in [5, 5.41) is 15.7. The molecular formula is C40H50N4O3S. The van der Waals surface area contributed by atoms with Crippen LogP contribution in [0.2, 0.25) is 0 Å². The lowest BCUT2D eigenvalue weighted by Gasteiger charge is -2.52. The van der Waals surface area contributed by atoms with Crippen LogP contribution >= 0.6 is 11.3 Å². The molecule has 3 heterocycles. The third-order valence-electron chi connectivity index (χ3n) is 9.63. The third kappa shape index (κ3) is 7.15. The molecule has 1 aliphatic carbocycles. The molecule has 2 aromatic heterocycles. The molecule has 3 aromatic carbocycles. The molecule has 0 unspecified atom stereocenters. The summed E-state index contributed by atoms with van der Waals surface area (Å²) < 4.78 is 8.50. The molecule has 1 aliphatic heterocycles. The molecule has 2 aliphatic rings. The van der Waals surface area contributed by atoms with E-state index in [0.717, 1.165) is 73.9 Å². The monoisotopic (exact) mass is 666 g/mol. The average Bonchev–Trinajstić information content (AvgIpc) is 3.60. The smallest absolute Gasteiger partial charge is 0.310 e. The number of carbonyl (C=O) groups excluding carboxylic acids is 1. The Hall–Kier alpha value is -3.75. The Balaban J connectivity index is 0.000000749. The van der Waals surface area contributed by atoms with E-state index in [1.807, 2.05) is 18.7 Å². The van der Waals surface area contributed by atoms with E-state index in [0.29, 0.717) is 12.0 Å². The molecule has 254 valence electrons. The number of rotatable bonds is 7. The number of nitrogens with zero attached hydrogens (tertiary/aromatic N) is 4. The number of benzene rings is 3. The molecule has 1 saturated heterocycles. The Bertz CT molecular complexity index is 1910. The fourth-order valence-corrected chi connectivity index (χ4v) is 8.43. The molecule has 0 atom stereocenters. The SMILES string of the molecule is CC(C)(C)O.CCOC(=O)Cc1c(C)cc2nc(-c3ccc4c(c3)c(N3CC5(CCCCC5)C3)nn4C)sc2c1-c1ccc(CC)cc1. The van der Waals surface area contributed by atoms with E-state index in [2.05, 4.69) is 67.3 Å². The average molecular weight is 667 g/mol. The Morgan fingerprint density at radius 2 is 1.67 bits per heavy atom. The molecule has 7 nitrogen and oxygen atoms in total. The molecule has 8 heteroatoms. The first kappa shape index (κ1) is 34.1. The predicted molar refractivity (Wildman–Crippen MR) is 199 cm³/mol. The largest absolute Gasteiger partial charge is 0.466 e. The standard InChI is InChI=1S/C36H40N4O2S.C4H10O/c1-5-24-10-12-25(13-11-24)32-27(20-31(41)42-6-2)23(3)18-29-33(32)43-35(37-29)26-14-15-30-28(19-26)34(38-39(30)4)40-21-36(22-40)16-8-7-9-17-36;1-4(2,3)5/h10-15,18-19H,5-9,16-17,20-22H2,1-4H3;5H,1-3H3. The quantitative estimate of drug-likeness (QED) is 0.175. The lowest BCUT2D eigenvalue weighted by atomic mass is 9.68. The lowest BCUT2D eigenvalue weighted by molar-refractivity contribution is -0.142. The van der Waals surface area contributed by atoms with Gasteiger partial charge in [-0.1, -0.05) is 50.5 Å². The molecule has 0 radical (unpaired) electrons. The minimum atomic E-state index is -0.500. The number of fused-ring (bicyclic) bond motifs is 2. The van der Waals surface area contributed by atoms with E-state index in [-0.39, 0.29) is 12.4 Å². The summed E-state index contributed by atoms with van der Waals surface area (Å²) in [5.74, 6) is 0.901. The maximum atomic E-state index is 12.7. The summed E-state index contributed by atoms with van der Waals surface area (Å²) in [5.41, 5.74) is 8.79. The third-order valence-corrected chi connectivity index (χ3v) is 10.8. The zero-order valence-corrected chi connectivity index (χ0v) is 30.5. The minimum Gasteiger partial charge on any atom is -0.466 e. The van der Waals surface area contributed by atoms with Crippen LogP contribution in [0, 0.1) is 12.3 Å². The van der Waals surface area contributed by atoms with E-state index in [4.69, 9.17) is 19.9 Å². The first-order valence-electron chi connectivity index (χ1n) is 17.5. The highest BCUT2D eigenvalue weighted by molar-refractivity contribution is 7.22. The number of aryl methyl sites for hydroxylation is 3. The molecule has 1 saturated carbocycles. The van der Waals surface area contributed by atoms with Gasteiger partial charge >= 0.3 is 5.97 Å². The van der Waals surface area contributed by atoms with Crippen molar-refractivity contribution < 1.29 is 14.6 Å². The molecular weight excluding hydrogens is 617 g/mol. The van der Waals surface area contributed by atoms with E-state index >= 15 is 0 Å². The number of aliphatic hydroxyl groups is 1. The Kier molecular flexibility index (Phi) is 9.69. The zero-order valence-electron chi connectivity index (χ0n) is 29.7. The Labute approximate surface area is 288 Å². The maximum Gasteiger partial charge on any atom is 0.310 e. The van der Waals surface area contributed by atoms with Crippen LogP contribution in [0.1, 0.15) is 83.4 Å². The molecule has 48 heavy (non-hydrogen) atoms. The van der Waals surface area contributed by atoms with Gasteiger partial charge < -0.3 is 14.7 Å². The predicted octanol–water partition coefficient (Wildman–Crippen LogP) is 9.04. The van der Waals surface area contributed by atoms with Crippen molar-refractivity contribution in [2.45, 2.75) is 92.1 Å². The number of esters is 1. The molecule has 7 rings (SSSR count). The first-order valence-corrected chi connectivity index (χ1v) is 18.3. The van der Waals surface area contributed by atoms with Gasteiger partial charge in [0.25, 0.3) is 0 Å². The summed E-state index contributed by atoms with van der Waals surface area (Å²) in [6, 6.07) is 17.5. The van der Waals surface area contributed by atoms with Crippen molar-refractivity contribution >= 4 is 44.2 Å². The molecule has 1 N–H and O–H groups in total. The first-order chi connectivity index (χ1) is 22.9. The van der Waals surface area contributed by atoms with E-state index in [1.54, 1.807) is 32.1 Å². The summed E-state index contributed by atoms with van der Waals surface area (Å²) >= 11 is 1.71. The number of hydrogen-bond acceptors (Lipinski definition) is 7. The van der Waals surface area contributed by atoms with Crippen LogP contribution in [0.4, 0.5) is 5.82 Å².